The highest BCUT2D eigenvalue weighted by Gasteiger charge is 2.08. The maximum absolute atomic E-state index is 12.0. The Kier molecular flexibility index (Phi) is 5.22. The Morgan fingerprint density at radius 2 is 2.17 bits per heavy atom. The van der Waals surface area contributed by atoms with Crippen LogP contribution in [0.4, 0.5) is 0 Å². The molecule has 0 unspecified atom stereocenters. The summed E-state index contributed by atoms with van der Waals surface area (Å²) in [5.41, 5.74) is 1.54. The summed E-state index contributed by atoms with van der Waals surface area (Å²) >= 11 is 1.50. The highest BCUT2D eigenvalue weighted by Crippen LogP contribution is 2.11. The number of amides is 1. The van der Waals surface area contributed by atoms with Crippen molar-refractivity contribution in [3.8, 4) is 0 Å². The third-order valence-corrected chi connectivity index (χ3v) is 4.23. The number of carbonyl (C=O) groups is 1. The average Bonchev–Trinajstić information content (AvgIpc) is 3.10. The molecule has 0 bridgehead atoms. The van der Waals surface area contributed by atoms with Gasteiger partial charge in [0.05, 0.1) is 17.2 Å². The molecule has 0 fully saturated rings. The molecule has 0 aliphatic rings. The predicted molar refractivity (Wildman–Crippen MR) is 90.8 cm³/mol. The van der Waals surface area contributed by atoms with Crippen molar-refractivity contribution in [2.75, 3.05) is 12.3 Å². The summed E-state index contributed by atoms with van der Waals surface area (Å²) in [6, 6.07) is 7.32. The number of thioether (sulfide) groups is 1. The standard InChI is InChI=1S/C15H16N6O2S/c22-13(16-7-8-24-14-9-17-21-20-14)6-5-12-15(23)19-11-4-2-1-3-10(11)18-12/h1-4,9H,5-8H2,(H,16,22)(H,19,23)(H,17,20,21). The van der Waals surface area contributed by atoms with E-state index in [4.69, 9.17) is 0 Å². The Hall–Kier alpha value is -2.68. The highest BCUT2D eigenvalue weighted by atomic mass is 32.2. The number of fused-ring (bicyclic) bond motifs is 1. The van der Waals surface area contributed by atoms with Crippen molar-refractivity contribution in [3.05, 3.63) is 46.5 Å². The van der Waals surface area contributed by atoms with E-state index in [0.29, 0.717) is 29.9 Å². The summed E-state index contributed by atoms with van der Waals surface area (Å²) < 4.78 is 0. The van der Waals surface area contributed by atoms with Gasteiger partial charge >= 0.3 is 0 Å². The molecular weight excluding hydrogens is 328 g/mol. The quantitative estimate of drug-likeness (QED) is 0.433. The van der Waals surface area contributed by atoms with Gasteiger partial charge in [-0.1, -0.05) is 12.1 Å². The van der Waals surface area contributed by atoms with Crippen LogP contribution in [0.1, 0.15) is 12.1 Å². The number of rotatable bonds is 7. The van der Waals surface area contributed by atoms with E-state index in [1.165, 1.54) is 11.8 Å². The largest absolute Gasteiger partial charge is 0.355 e. The molecule has 0 spiro atoms. The molecule has 0 saturated carbocycles. The third-order valence-electron chi connectivity index (χ3n) is 3.33. The zero-order valence-corrected chi connectivity index (χ0v) is 13.6. The lowest BCUT2D eigenvalue weighted by molar-refractivity contribution is -0.120. The van der Waals surface area contributed by atoms with E-state index in [9.17, 15) is 9.59 Å². The van der Waals surface area contributed by atoms with Gasteiger partial charge in [0, 0.05) is 25.1 Å². The van der Waals surface area contributed by atoms with Crippen LogP contribution in [-0.4, -0.2) is 43.6 Å². The Balaban J connectivity index is 1.47. The van der Waals surface area contributed by atoms with Crippen molar-refractivity contribution in [1.82, 2.24) is 30.7 Å². The van der Waals surface area contributed by atoms with E-state index >= 15 is 0 Å². The lowest BCUT2D eigenvalue weighted by Crippen LogP contribution is -2.27. The maximum Gasteiger partial charge on any atom is 0.270 e. The predicted octanol–water partition coefficient (Wildman–Crippen LogP) is 0.882. The summed E-state index contributed by atoms with van der Waals surface area (Å²) in [7, 11) is 0. The fraction of sp³-hybridized carbons (Fsp3) is 0.267. The summed E-state index contributed by atoms with van der Waals surface area (Å²) in [5.74, 6) is 0.595. The molecule has 0 radical (unpaired) electrons. The van der Waals surface area contributed by atoms with Crippen LogP contribution in [-0.2, 0) is 11.2 Å². The van der Waals surface area contributed by atoms with Crippen LogP contribution in [0.25, 0.3) is 11.0 Å². The summed E-state index contributed by atoms with van der Waals surface area (Å²) in [5, 5.41) is 13.7. The number of benzene rings is 1. The number of aryl methyl sites for hydroxylation is 1. The molecule has 24 heavy (non-hydrogen) atoms. The van der Waals surface area contributed by atoms with Gasteiger partial charge in [-0.3, -0.25) is 9.59 Å². The molecule has 0 atom stereocenters. The van der Waals surface area contributed by atoms with Gasteiger partial charge in [0.25, 0.3) is 5.56 Å². The van der Waals surface area contributed by atoms with Crippen LogP contribution in [0.15, 0.2) is 40.3 Å². The SMILES string of the molecule is O=C(CCc1nc2ccccc2[nH]c1=O)NCCSc1cn[nH]n1. The number of nitrogens with one attached hydrogen (secondary N) is 3. The van der Waals surface area contributed by atoms with Gasteiger partial charge in [0.15, 0.2) is 0 Å². The van der Waals surface area contributed by atoms with Crippen molar-refractivity contribution in [1.29, 1.82) is 0 Å². The first-order chi connectivity index (χ1) is 11.7. The zero-order chi connectivity index (χ0) is 16.8. The van der Waals surface area contributed by atoms with E-state index in [2.05, 4.69) is 30.7 Å². The van der Waals surface area contributed by atoms with Crippen LogP contribution in [0.2, 0.25) is 0 Å². The van der Waals surface area contributed by atoms with E-state index in [-0.39, 0.29) is 17.9 Å². The van der Waals surface area contributed by atoms with Crippen LogP contribution in [0.5, 0.6) is 0 Å². The van der Waals surface area contributed by atoms with Gasteiger partial charge in [0.2, 0.25) is 5.91 Å². The molecule has 9 heteroatoms. The molecule has 0 aliphatic carbocycles. The topological polar surface area (TPSA) is 116 Å². The second kappa shape index (κ2) is 7.73. The Morgan fingerprint density at radius 1 is 1.29 bits per heavy atom. The average molecular weight is 344 g/mol. The Labute approximate surface area is 141 Å². The van der Waals surface area contributed by atoms with E-state index in [0.717, 1.165) is 10.5 Å². The first-order valence-electron chi connectivity index (χ1n) is 7.45. The molecule has 3 rings (SSSR count). The summed E-state index contributed by atoms with van der Waals surface area (Å²) in [4.78, 5) is 30.9. The molecule has 0 aliphatic heterocycles. The Bertz CT molecular complexity index is 877. The first-order valence-corrected chi connectivity index (χ1v) is 8.44. The number of H-pyrrole nitrogens is 2. The van der Waals surface area contributed by atoms with E-state index in [1.54, 1.807) is 12.3 Å². The van der Waals surface area contributed by atoms with Gasteiger partial charge in [-0.2, -0.15) is 10.3 Å². The van der Waals surface area contributed by atoms with Gasteiger partial charge in [-0.25, -0.2) is 4.98 Å². The molecule has 124 valence electrons. The summed E-state index contributed by atoms with van der Waals surface area (Å²) in [6.07, 6.45) is 2.16. The van der Waals surface area contributed by atoms with Gasteiger partial charge in [-0.15, -0.1) is 16.9 Å². The lowest BCUT2D eigenvalue weighted by Gasteiger charge is -2.05. The molecule has 8 nitrogen and oxygen atoms in total. The molecule has 1 amide bonds. The van der Waals surface area contributed by atoms with E-state index < -0.39 is 0 Å². The van der Waals surface area contributed by atoms with Crippen molar-refractivity contribution < 1.29 is 4.79 Å². The monoisotopic (exact) mass is 344 g/mol. The molecule has 2 aromatic heterocycles. The molecular formula is C15H16N6O2S. The number of aromatic nitrogens is 5. The fourth-order valence-corrected chi connectivity index (χ4v) is 2.81. The number of hydrogen-bond donors (Lipinski definition) is 3. The van der Waals surface area contributed by atoms with Crippen LogP contribution < -0.4 is 10.9 Å². The second-order valence-corrected chi connectivity index (χ2v) is 6.15. The number of carbonyl (C=O) groups excluding carboxylic acids is 1. The highest BCUT2D eigenvalue weighted by molar-refractivity contribution is 7.99. The number of para-hydroxylation sites is 2. The van der Waals surface area contributed by atoms with Gasteiger partial charge in [0.1, 0.15) is 10.7 Å². The third kappa shape index (κ3) is 4.19. The minimum atomic E-state index is -0.247. The first kappa shape index (κ1) is 16.2. The van der Waals surface area contributed by atoms with Crippen LogP contribution >= 0.6 is 11.8 Å². The minimum absolute atomic E-state index is 0.106. The summed E-state index contributed by atoms with van der Waals surface area (Å²) in [6.45, 7) is 0.526. The minimum Gasteiger partial charge on any atom is -0.355 e. The smallest absolute Gasteiger partial charge is 0.270 e. The second-order valence-electron chi connectivity index (χ2n) is 5.04. The molecule has 2 heterocycles. The van der Waals surface area contributed by atoms with Gasteiger partial charge in [-0.05, 0) is 12.1 Å². The molecule has 1 aromatic carbocycles. The van der Waals surface area contributed by atoms with Crippen molar-refractivity contribution in [2.45, 2.75) is 17.9 Å². The number of nitrogens with zero attached hydrogens (tertiary/aromatic N) is 3. The van der Waals surface area contributed by atoms with Crippen molar-refractivity contribution >= 4 is 28.7 Å². The maximum atomic E-state index is 12.0. The molecule has 3 N–H and O–H groups in total. The van der Waals surface area contributed by atoms with Crippen molar-refractivity contribution in [2.24, 2.45) is 0 Å². The number of aromatic amines is 2. The fourth-order valence-electron chi connectivity index (χ4n) is 2.16. The van der Waals surface area contributed by atoms with E-state index in [1.807, 2.05) is 18.2 Å². The lowest BCUT2D eigenvalue weighted by atomic mass is 10.2. The molecule has 3 aromatic rings. The van der Waals surface area contributed by atoms with Crippen LogP contribution in [0, 0.1) is 0 Å². The molecule has 0 saturated heterocycles. The van der Waals surface area contributed by atoms with Crippen LogP contribution in [0.3, 0.4) is 0 Å². The zero-order valence-electron chi connectivity index (χ0n) is 12.8. The van der Waals surface area contributed by atoms with Crippen molar-refractivity contribution in [3.63, 3.8) is 0 Å². The van der Waals surface area contributed by atoms with Gasteiger partial charge < -0.3 is 10.3 Å². The number of hydrogen-bond acceptors (Lipinski definition) is 6. The normalized spacial score (nSPS) is 10.8. The Morgan fingerprint density at radius 3 is 3.00 bits per heavy atom.